The van der Waals surface area contributed by atoms with E-state index in [9.17, 15) is 28.5 Å². The average molecular weight is 462 g/mol. The summed E-state index contributed by atoms with van der Waals surface area (Å²) >= 11 is 0. The number of rotatable bonds is 6. The average Bonchev–Trinajstić information content (AvgIpc) is 3.13. The van der Waals surface area contributed by atoms with E-state index >= 15 is 0 Å². The first-order valence-corrected chi connectivity index (χ1v) is 10.1. The van der Waals surface area contributed by atoms with Crippen LogP contribution in [0.3, 0.4) is 0 Å². The van der Waals surface area contributed by atoms with Crippen molar-refractivity contribution in [2.45, 2.75) is 25.5 Å². The van der Waals surface area contributed by atoms with Crippen molar-refractivity contribution >= 4 is 22.6 Å². The highest BCUT2D eigenvalue weighted by atomic mass is 19.3. The second-order valence-corrected chi connectivity index (χ2v) is 7.50. The van der Waals surface area contributed by atoms with Crippen LogP contribution < -0.4 is 15.2 Å². The molecular formula is C21H20F2N4O6. The summed E-state index contributed by atoms with van der Waals surface area (Å²) in [5.41, 5.74) is 0.292. The fraction of sp³-hybridized carbons (Fsp3) is 0.333. The molecule has 0 radical (unpaired) electrons. The van der Waals surface area contributed by atoms with E-state index in [1.807, 2.05) is 18.2 Å². The van der Waals surface area contributed by atoms with Crippen LogP contribution in [0, 0.1) is 10.1 Å². The number of aromatic amines is 1. The minimum atomic E-state index is -3.22. The Morgan fingerprint density at radius 1 is 1.21 bits per heavy atom. The number of halogens is 2. The number of nitrogens with one attached hydrogen (secondary N) is 1. The largest absolute Gasteiger partial charge is 0.493 e. The van der Waals surface area contributed by atoms with Gasteiger partial charge < -0.3 is 19.4 Å². The van der Waals surface area contributed by atoms with Gasteiger partial charge >= 0.3 is 12.3 Å². The Morgan fingerprint density at radius 3 is 2.55 bits per heavy atom. The van der Waals surface area contributed by atoms with Crippen LogP contribution in [0.15, 0.2) is 41.2 Å². The van der Waals surface area contributed by atoms with E-state index in [1.165, 1.54) is 12.0 Å². The summed E-state index contributed by atoms with van der Waals surface area (Å²) in [5.74, 6) is -1.38. The van der Waals surface area contributed by atoms with Crippen LogP contribution in [0.2, 0.25) is 0 Å². The standard InChI is InChI=1S/C21H20F2N4O6/c1-32-17-10-13(16(27(30)31)11-18(17)33-20(22)23)19(28)25-8-6-12(7-9-25)26-15-5-3-2-4-14(15)24-21(26)29/h2-5,10-12,20H,6-9H2,1H3,(H,24,29). The molecule has 2 heterocycles. The van der Waals surface area contributed by atoms with Crippen LogP contribution in [-0.2, 0) is 0 Å². The number of nitrogens with zero attached hydrogens (tertiary/aromatic N) is 3. The number of fused-ring (bicyclic) bond motifs is 1. The maximum absolute atomic E-state index is 13.1. The Bertz CT molecular complexity index is 1260. The van der Waals surface area contributed by atoms with Crippen LogP contribution in [0.25, 0.3) is 11.0 Å². The third-order valence-corrected chi connectivity index (χ3v) is 5.67. The molecule has 1 aliphatic heterocycles. The molecule has 3 aromatic rings. The molecule has 0 aliphatic carbocycles. The fourth-order valence-corrected chi connectivity index (χ4v) is 4.15. The van der Waals surface area contributed by atoms with Gasteiger partial charge in [0.25, 0.3) is 11.6 Å². The normalized spacial score (nSPS) is 14.6. The molecule has 10 nitrogen and oxygen atoms in total. The molecule has 0 saturated carbocycles. The molecule has 1 saturated heterocycles. The molecule has 1 amide bonds. The summed E-state index contributed by atoms with van der Waals surface area (Å²) in [6, 6.07) is 8.94. The van der Waals surface area contributed by atoms with Crippen molar-refractivity contribution in [3.8, 4) is 11.5 Å². The minimum Gasteiger partial charge on any atom is -0.493 e. The predicted octanol–water partition coefficient (Wildman–Crippen LogP) is 3.33. The molecule has 0 bridgehead atoms. The molecule has 2 aromatic carbocycles. The summed E-state index contributed by atoms with van der Waals surface area (Å²) in [6.07, 6.45) is 0.927. The van der Waals surface area contributed by atoms with Gasteiger partial charge in [0.2, 0.25) is 0 Å². The number of ether oxygens (including phenoxy) is 2. The van der Waals surface area contributed by atoms with Gasteiger partial charge in [0.1, 0.15) is 5.56 Å². The number of imidazole rings is 1. The van der Waals surface area contributed by atoms with Gasteiger partial charge in [0.05, 0.1) is 29.1 Å². The molecule has 0 unspecified atom stereocenters. The molecule has 1 aliphatic rings. The number of amides is 1. The zero-order valence-corrected chi connectivity index (χ0v) is 17.5. The van der Waals surface area contributed by atoms with Gasteiger partial charge in [0.15, 0.2) is 11.5 Å². The van der Waals surface area contributed by atoms with Crippen molar-refractivity contribution in [3.63, 3.8) is 0 Å². The summed E-state index contributed by atoms with van der Waals surface area (Å²) in [4.78, 5) is 40.5. The highest BCUT2D eigenvalue weighted by Gasteiger charge is 2.32. The minimum absolute atomic E-state index is 0.149. The Hall–Kier alpha value is -3.96. The topological polar surface area (TPSA) is 120 Å². The van der Waals surface area contributed by atoms with Crippen LogP contribution in [0.1, 0.15) is 29.2 Å². The van der Waals surface area contributed by atoms with Gasteiger partial charge in [0, 0.05) is 25.2 Å². The van der Waals surface area contributed by atoms with Crippen LogP contribution >= 0.6 is 0 Å². The van der Waals surface area contributed by atoms with E-state index < -0.39 is 28.9 Å². The Morgan fingerprint density at radius 2 is 1.91 bits per heavy atom. The Balaban J connectivity index is 1.58. The number of methoxy groups -OCH3 is 1. The first-order valence-electron chi connectivity index (χ1n) is 10.1. The number of likely N-dealkylation sites (tertiary alicyclic amines) is 1. The summed E-state index contributed by atoms with van der Waals surface area (Å²) < 4.78 is 36.2. The third kappa shape index (κ3) is 4.23. The van der Waals surface area contributed by atoms with Crippen molar-refractivity contribution in [2.24, 2.45) is 0 Å². The second kappa shape index (κ2) is 8.88. The van der Waals surface area contributed by atoms with Crippen LogP contribution in [0.4, 0.5) is 14.5 Å². The number of H-pyrrole nitrogens is 1. The third-order valence-electron chi connectivity index (χ3n) is 5.67. The molecule has 33 heavy (non-hydrogen) atoms. The SMILES string of the molecule is COc1cc(C(=O)N2CCC(n3c(=O)[nH]c4ccccc43)CC2)c([N+](=O)[O-])cc1OC(F)F. The maximum atomic E-state index is 13.1. The molecule has 0 spiro atoms. The van der Waals surface area contributed by atoms with Crippen LogP contribution in [-0.4, -0.2) is 52.1 Å². The summed E-state index contributed by atoms with van der Waals surface area (Å²) in [6.45, 7) is -2.71. The summed E-state index contributed by atoms with van der Waals surface area (Å²) in [7, 11) is 1.18. The second-order valence-electron chi connectivity index (χ2n) is 7.50. The monoisotopic (exact) mass is 462 g/mol. The number of para-hydroxylation sites is 2. The highest BCUT2D eigenvalue weighted by molar-refractivity contribution is 5.99. The van der Waals surface area contributed by atoms with Gasteiger partial charge in [-0.05, 0) is 25.0 Å². The van der Waals surface area contributed by atoms with E-state index in [0.29, 0.717) is 12.8 Å². The van der Waals surface area contributed by atoms with E-state index in [-0.39, 0.29) is 36.1 Å². The zero-order valence-electron chi connectivity index (χ0n) is 17.5. The number of nitro benzene ring substituents is 1. The molecule has 1 fully saturated rings. The van der Waals surface area contributed by atoms with Crippen molar-refractivity contribution in [2.75, 3.05) is 20.2 Å². The smallest absolute Gasteiger partial charge is 0.387 e. The van der Waals surface area contributed by atoms with Gasteiger partial charge in [-0.3, -0.25) is 19.5 Å². The number of carbonyl (C=O) groups excluding carboxylic acids is 1. The number of nitro groups is 1. The summed E-state index contributed by atoms with van der Waals surface area (Å²) in [5, 5.41) is 11.5. The van der Waals surface area contributed by atoms with Gasteiger partial charge in [-0.2, -0.15) is 8.78 Å². The van der Waals surface area contributed by atoms with Gasteiger partial charge in [-0.1, -0.05) is 12.1 Å². The maximum Gasteiger partial charge on any atom is 0.387 e. The number of hydrogen-bond acceptors (Lipinski definition) is 6. The number of hydrogen-bond donors (Lipinski definition) is 1. The van der Waals surface area contributed by atoms with Crippen molar-refractivity contribution in [1.29, 1.82) is 0 Å². The molecule has 174 valence electrons. The van der Waals surface area contributed by atoms with Crippen molar-refractivity contribution < 1.29 is 28.0 Å². The van der Waals surface area contributed by atoms with E-state index in [0.717, 1.165) is 23.2 Å². The Labute approximate surface area is 185 Å². The van der Waals surface area contributed by atoms with Crippen molar-refractivity contribution in [1.82, 2.24) is 14.5 Å². The molecule has 1 aromatic heterocycles. The first-order chi connectivity index (χ1) is 15.8. The number of aromatic nitrogens is 2. The fourth-order valence-electron chi connectivity index (χ4n) is 4.15. The molecule has 4 rings (SSSR count). The van der Waals surface area contributed by atoms with Gasteiger partial charge in [-0.15, -0.1) is 0 Å². The lowest BCUT2D eigenvalue weighted by Gasteiger charge is -2.32. The van der Waals surface area contributed by atoms with Crippen molar-refractivity contribution in [3.05, 3.63) is 62.6 Å². The lowest BCUT2D eigenvalue weighted by molar-refractivity contribution is -0.385. The molecule has 12 heteroatoms. The predicted molar refractivity (Wildman–Crippen MR) is 113 cm³/mol. The van der Waals surface area contributed by atoms with Crippen LogP contribution in [0.5, 0.6) is 11.5 Å². The van der Waals surface area contributed by atoms with E-state index in [4.69, 9.17) is 4.74 Å². The molecular weight excluding hydrogens is 442 g/mol. The van der Waals surface area contributed by atoms with Gasteiger partial charge in [-0.25, -0.2) is 4.79 Å². The van der Waals surface area contributed by atoms with E-state index in [2.05, 4.69) is 9.72 Å². The Kier molecular flexibility index (Phi) is 5.99. The number of benzene rings is 2. The molecule has 0 atom stereocenters. The highest BCUT2D eigenvalue weighted by Crippen LogP contribution is 2.37. The quantitative estimate of drug-likeness (QED) is 0.443. The zero-order chi connectivity index (χ0) is 23.7. The number of piperidine rings is 1. The lowest BCUT2D eigenvalue weighted by Crippen LogP contribution is -2.40. The number of carbonyl (C=O) groups is 1. The number of alkyl halides is 2. The van der Waals surface area contributed by atoms with E-state index in [1.54, 1.807) is 10.6 Å². The molecule has 1 N–H and O–H groups in total. The lowest BCUT2D eigenvalue weighted by atomic mass is 10.0. The first kappa shape index (κ1) is 22.2.